The average molecular weight is 484 g/mol. The second kappa shape index (κ2) is 8.93. The number of methoxy groups -OCH3 is 1. The number of amides is 1. The first-order valence-corrected chi connectivity index (χ1v) is 11.5. The largest absolute Gasteiger partial charge is 0.507 e. The fourth-order valence-electron chi connectivity index (χ4n) is 4.64. The van der Waals surface area contributed by atoms with E-state index in [-0.39, 0.29) is 11.3 Å². The first-order chi connectivity index (χ1) is 16.9. The minimum atomic E-state index is -0.854. The molecule has 1 fully saturated rings. The molecule has 0 aliphatic carbocycles. The van der Waals surface area contributed by atoms with Crippen LogP contribution in [0.3, 0.4) is 0 Å². The number of Topliss-reactive ketones (excluding diaryl/α,β-unsaturated/α-hetero) is 1. The van der Waals surface area contributed by atoms with E-state index in [2.05, 4.69) is 0 Å². The Kier molecular flexibility index (Phi) is 5.79. The monoisotopic (exact) mass is 483 g/mol. The number of nitrogens with zero attached hydrogens (tertiary/aromatic N) is 1. The van der Waals surface area contributed by atoms with Gasteiger partial charge >= 0.3 is 0 Å². The number of hydrogen-bond donors (Lipinski definition) is 1. The molecule has 1 atom stereocenters. The Labute approximate surface area is 207 Å². The number of carbonyl (C=O) groups excluding carboxylic acids is 2. The third kappa shape index (κ3) is 3.84. The maximum atomic E-state index is 13.5. The fourth-order valence-corrected chi connectivity index (χ4v) is 4.76. The van der Waals surface area contributed by atoms with Crippen LogP contribution in [0.2, 0.25) is 5.02 Å². The number of hydrogen-bond acceptors (Lipinski definition) is 4. The third-order valence-electron chi connectivity index (χ3n) is 6.28. The Morgan fingerprint density at radius 1 is 0.943 bits per heavy atom. The predicted octanol–water partition coefficient (Wildman–Crippen LogP) is 6.44. The van der Waals surface area contributed by atoms with Crippen LogP contribution >= 0.6 is 11.6 Å². The van der Waals surface area contributed by atoms with Crippen molar-refractivity contribution in [2.24, 2.45) is 0 Å². The summed E-state index contributed by atoms with van der Waals surface area (Å²) in [6.45, 7) is 1.88. The number of halogens is 1. The second-order valence-electron chi connectivity index (χ2n) is 8.42. The smallest absolute Gasteiger partial charge is 0.300 e. The lowest BCUT2D eigenvalue weighted by atomic mass is 9.91. The molecule has 1 amide bonds. The summed E-state index contributed by atoms with van der Waals surface area (Å²) in [6, 6.07) is 24.7. The summed E-state index contributed by atoms with van der Waals surface area (Å²) in [5, 5.41) is 13.9. The lowest BCUT2D eigenvalue weighted by Gasteiger charge is -2.26. The molecule has 35 heavy (non-hydrogen) atoms. The minimum Gasteiger partial charge on any atom is -0.507 e. The summed E-state index contributed by atoms with van der Waals surface area (Å²) in [5.41, 5.74) is 2.47. The van der Waals surface area contributed by atoms with Gasteiger partial charge in [-0.3, -0.25) is 14.5 Å². The molecule has 1 unspecified atom stereocenters. The molecule has 0 saturated carbocycles. The number of ether oxygens (including phenoxy) is 1. The highest BCUT2D eigenvalue weighted by atomic mass is 35.5. The number of benzene rings is 4. The molecular formula is C29H22ClNO4. The highest BCUT2D eigenvalue weighted by Gasteiger charge is 2.47. The van der Waals surface area contributed by atoms with Crippen molar-refractivity contribution in [2.45, 2.75) is 13.0 Å². The zero-order valence-electron chi connectivity index (χ0n) is 19.2. The van der Waals surface area contributed by atoms with Crippen LogP contribution in [0, 0.1) is 6.92 Å². The summed E-state index contributed by atoms with van der Waals surface area (Å²) >= 11 is 6.09. The van der Waals surface area contributed by atoms with E-state index in [9.17, 15) is 14.7 Å². The first kappa shape index (κ1) is 22.7. The SMILES string of the molecule is COc1ccc(C)cc1/C(O)=C1\C(=O)C(=O)N(c2ccc(Cl)cc2)C1c1cccc2ccccc12. The summed E-state index contributed by atoms with van der Waals surface area (Å²) in [5.74, 6) is -1.36. The van der Waals surface area contributed by atoms with Gasteiger partial charge in [0.25, 0.3) is 11.7 Å². The van der Waals surface area contributed by atoms with E-state index in [0.29, 0.717) is 22.0 Å². The molecule has 174 valence electrons. The van der Waals surface area contributed by atoms with Crippen molar-refractivity contribution in [1.29, 1.82) is 0 Å². The van der Waals surface area contributed by atoms with Crippen LogP contribution in [0.15, 0.2) is 90.5 Å². The van der Waals surface area contributed by atoms with E-state index < -0.39 is 17.7 Å². The Morgan fingerprint density at radius 2 is 1.66 bits per heavy atom. The number of carbonyl (C=O) groups is 2. The lowest BCUT2D eigenvalue weighted by molar-refractivity contribution is -0.132. The van der Waals surface area contributed by atoms with Gasteiger partial charge in [0.15, 0.2) is 0 Å². The van der Waals surface area contributed by atoms with Gasteiger partial charge in [-0.15, -0.1) is 0 Å². The number of aryl methyl sites for hydroxylation is 1. The average Bonchev–Trinajstić information content (AvgIpc) is 3.13. The van der Waals surface area contributed by atoms with Gasteiger partial charge in [0.1, 0.15) is 11.5 Å². The van der Waals surface area contributed by atoms with E-state index in [1.165, 1.54) is 12.0 Å². The topological polar surface area (TPSA) is 66.8 Å². The van der Waals surface area contributed by atoms with Gasteiger partial charge in [-0.1, -0.05) is 65.7 Å². The number of ketones is 1. The molecule has 1 aliphatic rings. The fraction of sp³-hybridized carbons (Fsp3) is 0.103. The second-order valence-corrected chi connectivity index (χ2v) is 8.85. The van der Waals surface area contributed by atoms with Crippen LogP contribution in [-0.2, 0) is 9.59 Å². The van der Waals surface area contributed by atoms with Crippen molar-refractivity contribution < 1.29 is 19.4 Å². The number of fused-ring (bicyclic) bond motifs is 1. The molecule has 5 nitrogen and oxygen atoms in total. The lowest BCUT2D eigenvalue weighted by Crippen LogP contribution is -2.29. The Hall–Kier alpha value is -4.09. The number of aliphatic hydroxyl groups is 1. The molecule has 0 radical (unpaired) electrons. The summed E-state index contributed by atoms with van der Waals surface area (Å²) in [4.78, 5) is 28.4. The van der Waals surface area contributed by atoms with Crippen molar-refractivity contribution in [2.75, 3.05) is 12.0 Å². The number of anilines is 1. The van der Waals surface area contributed by atoms with Crippen molar-refractivity contribution >= 4 is 45.5 Å². The molecule has 0 spiro atoms. The standard InChI is InChI=1S/C29H22ClNO4/c1-17-10-15-24(35-2)23(16-17)27(32)25-26(22-9-5-7-18-6-3-4-8-21(18)22)31(29(34)28(25)33)20-13-11-19(30)12-14-20/h3-16,26,32H,1-2H3/b27-25+. The normalized spacial score (nSPS) is 17.2. The quantitative estimate of drug-likeness (QED) is 0.206. The van der Waals surface area contributed by atoms with Crippen molar-refractivity contribution in [1.82, 2.24) is 0 Å². The minimum absolute atomic E-state index is 0.00482. The molecule has 1 N–H and O–H groups in total. The zero-order valence-corrected chi connectivity index (χ0v) is 19.9. The molecule has 6 heteroatoms. The molecule has 5 rings (SSSR count). The van der Waals surface area contributed by atoms with Gasteiger partial charge in [-0.25, -0.2) is 0 Å². The van der Waals surface area contributed by atoms with Crippen LogP contribution in [0.25, 0.3) is 16.5 Å². The molecule has 0 bridgehead atoms. The summed E-state index contributed by atoms with van der Waals surface area (Å²) < 4.78 is 5.46. The van der Waals surface area contributed by atoms with E-state index in [0.717, 1.165) is 21.9 Å². The predicted molar refractivity (Wildman–Crippen MR) is 138 cm³/mol. The van der Waals surface area contributed by atoms with Crippen LogP contribution < -0.4 is 9.64 Å². The molecular weight excluding hydrogens is 462 g/mol. The van der Waals surface area contributed by atoms with E-state index in [4.69, 9.17) is 16.3 Å². The number of rotatable bonds is 4. The van der Waals surface area contributed by atoms with Gasteiger partial charge in [0, 0.05) is 10.7 Å². The van der Waals surface area contributed by atoms with Crippen molar-refractivity contribution in [3.63, 3.8) is 0 Å². The third-order valence-corrected chi connectivity index (χ3v) is 6.53. The van der Waals surface area contributed by atoms with Gasteiger partial charge in [-0.2, -0.15) is 0 Å². The Balaban J connectivity index is 1.83. The van der Waals surface area contributed by atoms with Crippen molar-refractivity contribution in [3.05, 3.63) is 112 Å². The maximum Gasteiger partial charge on any atom is 0.300 e. The molecule has 4 aromatic rings. The summed E-state index contributed by atoms with van der Waals surface area (Å²) in [6.07, 6.45) is 0. The zero-order chi connectivity index (χ0) is 24.7. The van der Waals surface area contributed by atoms with Crippen LogP contribution in [0.5, 0.6) is 5.75 Å². The van der Waals surface area contributed by atoms with Crippen LogP contribution in [-0.4, -0.2) is 23.9 Å². The van der Waals surface area contributed by atoms with Gasteiger partial charge < -0.3 is 9.84 Å². The highest BCUT2D eigenvalue weighted by molar-refractivity contribution is 6.52. The highest BCUT2D eigenvalue weighted by Crippen LogP contribution is 2.45. The Bertz CT molecular complexity index is 1500. The van der Waals surface area contributed by atoms with Gasteiger partial charge in [-0.05, 0) is 59.7 Å². The molecule has 4 aromatic carbocycles. The maximum absolute atomic E-state index is 13.5. The van der Waals surface area contributed by atoms with E-state index in [1.807, 2.05) is 55.5 Å². The summed E-state index contributed by atoms with van der Waals surface area (Å²) in [7, 11) is 1.50. The van der Waals surface area contributed by atoms with Crippen molar-refractivity contribution in [3.8, 4) is 5.75 Å². The van der Waals surface area contributed by atoms with Crippen LogP contribution in [0.4, 0.5) is 5.69 Å². The molecule has 0 aromatic heterocycles. The Morgan fingerprint density at radius 3 is 2.40 bits per heavy atom. The van der Waals surface area contributed by atoms with E-state index >= 15 is 0 Å². The number of aliphatic hydroxyl groups excluding tert-OH is 1. The van der Waals surface area contributed by atoms with Gasteiger partial charge in [0.05, 0.1) is 24.3 Å². The molecule has 1 heterocycles. The molecule has 1 aliphatic heterocycles. The van der Waals surface area contributed by atoms with Crippen LogP contribution in [0.1, 0.15) is 22.7 Å². The van der Waals surface area contributed by atoms with E-state index in [1.54, 1.807) is 36.4 Å². The van der Waals surface area contributed by atoms with Gasteiger partial charge in [0.2, 0.25) is 0 Å². The molecule has 1 saturated heterocycles. The first-order valence-electron chi connectivity index (χ1n) is 11.1.